The van der Waals surface area contributed by atoms with E-state index in [9.17, 15) is 10.1 Å². The number of ether oxygens (including phenoxy) is 1. The van der Waals surface area contributed by atoms with Crippen LogP contribution in [0.3, 0.4) is 0 Å². The van der Waals surface area contributed by atoms with Crippen molar-refractivity contribution in [3.05, 3.63) is 23.4 Å². The number of hydrogen-bond donors (Lipinski definition) is 1. The number of anilines is 1. The zero-order valence-corrected chi connectivity index (χ0v) is 15.9. The van der Waals surface area contributed by atoms with Gasteiger partial charge in [-0.2, -0.15) is 5.26 Å². The summed E-state index contributed by atoms with van der Waals surface area (Å²) >= 11 is 0. The van der Waals surface area contributed by atoms with Gasteiger partial charge in [-0.05, 0) is 37.8 Å². The number of pyridine rings is 1. The summed E-state index contributed by atoms with van der Waals surface area (Å²) in [4.78, 5) is 19.4. The van der Waals surface area contributed by atoms with Crippen LogP contribution in [0.25, 0.3) is 0 Å². The van der Waals surface area contributed by atoms with E-state index in [2.05, 4.69) is 30.2 Å². The highest BCUT2D eigenvalue weighted by atomic mass is 16.5. The number of amides is 1. The van der Waals surface area contributed by atoms with Crippen LogP contribution in [0.5, 0.6) is 0 Å². The predicted octanol–water partition coefficient (Wildman–Crippen LogP) is 2.58. The van der Waals surface area contributed by atoms with Gasteiger partial charge in [-0.15, -0.1) is 0 Å². The minimum Gasteiger partial charge on any atom is -0.381 e. The third-order valence-corrected chi connectivity index (χ3v) is 5.58. The molecule has 0 unspecified atom stereocenters. The SMILES string of the molecule is Cc1ccc(C#N)c(N[C@@H]2CN(C(=O)C3CCOCC3)C[C@H]2C(C)C)n1. The monoisotopic (exact) mass is 356 g/mol. The molecule has 2 fully saturated rings. The molecule has 2 atom stereocenters. The number of rotatable bonds is 4. The van der Waals surface area contributed by atoms with E-state index in [1.54, 1.807) is 6.07 Å². The molecule has 0 spiro atoms. The largest absolute Gasteiger partial charge is 0.381 e. The van der Waals surface area contributed by atoms with Crippen molar-refractivity contribution in [3.63, 3.8) is 0 Å². The average molecular weight is 356 g/mol. The lowest BCUT2D eigenvalue weighted by Gasteiger charge is -2.26. The first-order valence-corrected chi connectivity index (χ1v) is 9.50. The smallest absolute Gasteiger partial charge is 0.225 e. The molecular formula is C20H28N4O2. The molecule has 6 heteroatoms. The maximum Gasteiger partial charge on any atom is 0.225 e. The van der Waals surface area contributed by atoms with Crippen LogP contribution in [0.4, 0.5) is 5.82 Å². The number of hydrogen-bond acceptors (Lipinski definition) is 5. The lowest BCUT2D eigenvalue weighted by molar-refractivity contribution is -0.137. The standard InChI is InChI=1S/C20H28N4O2/c1-13(2)17-11-24(20(25)15-6-8-26-9-7-15)12-18(17)23-19-16(10-21)5-4-14(3)22-19/h4-5,13,15,17-18H,6-9,11-12H2,1-3H3,(H,22,23)/t17-,18+/m0/s1. The van der Waals surface area contributed by atoms with E-state index in [4.69, 9.17) is 4.74 Å². The molecule has 1 aromatic heterocycles. The van der Waals surface area contributed by atoms with Crippen LogP contribution in [0.1, 0.15) is 37.9 Å². The Morgan fingerprint density at radius 3 is 2.73 bits per heavy atom. The summed E-state index contributed by atoms with van der Waals surface area (Å²) in [6.45, 7) is 9.09. The maximum absolute atomic E-state index is 12.9. The Kier molecular flexibility index (Phi) is 5.77. The van der Waals surface area contributed by atoms with E-state index in [1.807, 2.05) is 17.9 Å². The number of nitrogens with one attached hydrogen (secondary N) is 1. The Morgan fingerprint density at radius 2 is 2.08 bits per heavy atom. The zero-order valence-electron chi connectivity index (χ0n) is 15.9. The molecular weight excluding hydrogens is 328 g/mol. The van der Waals surface area contributed by atoms with Crippen LogP contribution in [0.15, 0.2) is 12.1 Å². The molecule has 2 aliphatic heterocycles. The minimum absolute atomic E-state index is 0.0853. The van der Waals surface area contributed by atoms with Crippen molar-refractivity contribution >= 4 is 11.7 Å². The summed E-state index contributed by atoms with van der Waals surface area (Å²) in [6, 6.07) is 5.97. The van der Waals surface area contributed by atoms with Gasteiger partial charge in [0, 0.05) is 49.9 Å². The summed E-state index contributed by atoms with van der Waals surface area (Å²) < 4.78 is 5.39. The van der Waals surface area contributed by atoms with E-state index < -0.39 is 0 Å². The third kappa shape index (κ3) is 3.99. The van der Waals surface area contributed by atoms with Crippen LogP contribution in [-0.2, 0) is 9.53 Å². The van der Waals surface area contributed by atoms with E-state index in [-0.39, 0.29) is 17.9 Å². The Labute approximate surface area is 155 Å². The molecule has 2 saturated heterocycles. The van der Waals surface area contributed by atoms with Crippen LogP contribution < -0.4 is 5.32 Å². The quantitative estimate of drug-likeness (QED) is 0.897. The molecule has 1 amide bonds. The summed E-state index contributed by atoms with van der Waals surface area (Å²) in [6.07, 6.45) is 1.63. The van der Waals surface area contributed by atoms with Gasteiger partial charge in [-0.3, -0.25) is 4.79 Å². The van der Waals surface area contributed by atoms with Crippen LogP contribution in [-0.4, -0.2) is 48.1 Å². The minimum atomic E-state index is 0.0853. The first-order chi connectivity index (χ1) is 12.5. The Hall–Kier alpha value is -2.13. The molecule has 3 heterocycles. The van der Waals surface area contributed by atoms with Gasteiger partial charge >= 0.3 is 0 Å². The van der Waals surface area contributed by atoms with E-state index in [0.29, 0.717) is 43.0 Å². The van der Waals surface area contributed by atoms with Gasteiger partial charge in [0.15, 0.2) is 0 Å². The average Bonchev–Trinajstić information content (AvgIpc) is 3.06. The second-order valence-corrected chi connectivity index (χ2v) is 7.75. The van der Waals surface area contributed by atoms with Gasteiger partial charge in [0.2, 0.25) is 5.91 Å². The van der Waals surface area contributed by atoms with Gasteiger partial charge in [0.1, 0.15) is 11.9 Å². The predicted molar refractivity (Wildman–Crippen MR) is 99.6 cm³/mol. The van der Waals surface area contributed by atoms with E-state index >= 15 is 0 Å². The molecule has 0 saturated carbocycles. The van der Waals surface area contributed by atoms with Gasteiger partial charge in [0.25, 0.3) is 0 Å². The molecule has 1 N–H and O–H groups in total. The van der Waals surface area contributed by atoms with Gasteiger partial charge in [-0.1, -0.05) is 13.8 Å². The van der Waals surface area contributed by atoms with Crippen molar-refractivity contribution in [1.29, 1.82) is 5.26 Å². The molecule has 26 heavy (non-hydrogen) atoms. The van der Waals surface area contributed by atoms with Crippen molar-refractivity contribution in [2.24, 2.45) is 17.8 Å². The van der Waals surface area contributed by atoms with Crippen LogP contribution >= 0.6 is 0 Å². The second kappa shape index (κ2) is 8.05. The normalized spacial score (nSPS) is 23.9. The first-order valence-electron chi connectivity index (χ1n) is 9.50. The molecule has 6 nitrogen and oxygen atoms in total. The fourth-order valence-electron chi connectivity index (χ4n) is 3.97. The molecule has 0 aromatic carbocycles. The van der Waals surface area contributed by atoms with E-state index in [1.165, 1.54) is 0 Å². The van der Waals surface area contributed by atoms with Gasteiger partial charge in [0.05, 0.1) is 5.56 Å². The molecule has 2 aliphatic rings. The molecule has 140 valence electrons. The van der Waals surface area contributed by atoms with Crippen LogP contribution in [0, 0.1) is 36.0 Å². The lowest BCUT2D eigenvalue weighted by Crippen LogP contribution is -2.38. The highest BCUT2D eigenvalue weighted by molar-refractivity contribution is 5.79. The highest BCUT2D eigenvalue weighted by Gasteiger charge is 2.39. The molecule has 3 rings (SSSR count). The van der Waals surface area contributed by atoms with Crippen LogP contribution in [0.2, 0.25) is 0 Å². The third-order valence-electron chi connectivity index (χ3n) is 5.58. The Morgan fingerprint density at radius 1 is 1.35 bits per heavy atom. The van der Waals surface area contributed by atoms with Gasteiger partial charge in [-0.25, -0.2) is 4.98 Å². The number of aromatic nitrogens is 1. The Bertz CT molecular complexity index is 692. The van der Waals surface area contributed by atoms with Crippen molar-refractivity contribution < 1.29 is 9.53 Å². The second-order valence-electron chi connectivity index (χ2n) is 7.75. The molecule has 1 aromatic rings. The fraction of sp³-hybridized carbons (Fsp3) is 0.650. The summed E-state index contributed by atoms with van der Waals surface area (Å²) in [5, 5.41) is 12.8. The number of nitrogens with zero attached hydrogens (tertiary/aromatic N) is 3. The molecule has 0 aliphatic carbocycles. The number of nitriles is 1. The highest BCUT2D eigenvalue weighted by Crippen LogP contribution is 2.30. The first kappa shape index (κ1) is 18.7. The summed E-state index contributed by atoms with van der Waals surface area (Å²) in [5.41, 5.74) is 1.42. The summed E-state index contributed by atoms with van der Waals surface area (Å²) in [5.74, 6) is 1.74. The number of aryl methyl sites for hydroxylation is 1. The van der Waals surface area contributed by atoms with Crippen molar-refractivity contribution in [1.82, 2.24) is 9.88 Å². The lowest BCUT2D eigenvalue weighted by atomic mass is 9.91. The van der Waals surface area contributed by atoms with Gasteiger partial charge < -0.3 is 15.0 Å². The summed E-state index contributed by atoms with van der Waals surface area (Å²) in [7, 11) is 0. The van der Waals surface area contributed by atoms with Crippen molar-refractivity contribution in [2.75, 3.05) is 31.6 Å². The van der Waals surface area contributed by atoms with E-state index in [0.717, 1.165) is 25.1 Å². The molecule has 0 radical (unpaired) electrons. The topological polar surface area (TPSA) is 78.2 Å². The number of likely N-dealkylation sites (tertiary alicyclic amines) is 1. The maximum atomic E-state index is 12.9. The number of carbonyl (C=O) groups excluding carboxylic acids is 1. The molecule has 0 bridgehead atoms. The Balaban J connectivity index is 1.75. The fourth-order valence-corrected chi connectivity index (χ4v) is 3.97. The van der Waals surface area contributed by atoms with Crippen molar-refractivity contribution in [2.45, 2.75) is 39.7 Å². The zero-order chi connectivity index (χ0) is 18.7. The number of carbonyl (C=O) groups is 1. The van der Waals surface area contributed by atoms with Crippen molar-refractivity contribution in [3.8, 4) is 6.07 Å².